The Labute approximate surface area is 122 Å². The second kappa shape index (κ2) is 6.37. The monoisotopic (exact) mass is 297 g/mol. The lowest BCUT2D eigenvalue weighted by molar-refractivity contribution is -0.130. The third-order valence-corrected chi connectivity index (χ3v) is 3.95. The minimum atomic E-state index is -0.502. The van der Waals surface area contributed by atoms with Crippen molar-refractivity contribution in [3.63, 3.8) is 0 Å². The topological polar surface area (TPSA) is 40.5 Å². The molecule has 1 fully saturated rings. The van der Waals surface area contributed by atoms with Crippen LogP contribution in [0.3, 0.4) is 0 Å². The number of β-amino-alcohol motifs (C(OH)–C–C–N with tert-alkyl or cyclic N) is 1. The zero-order valence-corrected chi connectivity index (χ0v) is 12.0. The standard InChI is InChI=1S/C15H17ClFNO2/c1-10-7-8-18(9-14(10)19)15(20)6-5-11-12(16)3-2-4-13(11)17/h2-6,10,14,19H,7-9H2,1H3/b6-5+. The Hall–Kier alpha value is -1.39. The highest BCUT2D eigenvalue weighted by Crippen LogP contribution is 2.21. The molecule has 0 bridgehead atoms. The van der Waals surface area contributed by atoms with Crippen molar-refractivity contribution in [2.24, 2.45) is 5.92 Å². The van der Waals surface area contributed by atoms with Gasteiger partial charge in [0.2, 0.25) is 5.91 Å². The summed E-state index contributed by atoms with van der Waals surface area (Å²) in [6.07, 6.45) is 2.94. The Morgan fingerprint density at radius 2 is 2.30 bits per heavy atom. The summed E-state index contributed by atoms with van der Waals surface area (Å²) < 4.78 is 13.6. The Morgan fingerprint density at radius 1 is 1.55 bits per heavy atom. The van der Waals surface area contributed by atoms with Crippen LogP contribution in [0.5, 0.6) is 0 Å². The number of aliphatic hydroxyl groups is 1. The Kier molecular flexibility index (Phi) is 4.78. The Balaban J connectivity index is 2.06. The number of likely N-dealkylation sites (tertiary alicyclic amines) is 1. The number of nitrogens with zero attached hydrogens (tertiary/aromatic N) is 1. The summed E-state index contributed by atoms with van der Waals surface area (Å²) in [6, 6.07) is 4.38. The van der Waals surface area contributed by atoms with Crippen LogP contribution in [0.15, 0.2) is 24.3 Å². The maximum absolute atomic E-state index is 13.6. The van der Waals surface area contributed by atoms with E-state index < -0.39 is 11.9 Å². The lowest BCUT2D eigenvalue weighted by Crippen LogP contribution is -2.45. The number of amides is 1. The average Bonchev–Trinajstić information content (AvgIpc) is 2.41. The predicted octanol–water partition coefficient (Wildman–Crippen LogP) is 2.72. The van der Waals surface area contributed by atoms with Crippen LogP contribution >= 0.6 is 11.6 Å². The van der Waals surface area contributed by atoms with Gasteiger partial charge in [-0.3, -0.25) is 4.79 Å². The molecular formula is C15H17ClFNO2. The molecule has 0 spiro atoms. The number of aliphatic hydroxyl groups excluding tert-OH is 1. The van der Waals surface area contributed by atoms with E-state index in [9.17, 15) is 14.3 Å². The molecule has 1 aliphatic heterocycles. The molecule has 108 valence electrons. The second-order valence-electron chi connectivity index (χ2n) is 5.09. The zero-order chi connectivity index (χ0) is 14.7. The molecule has 1 amide bonds. The molecule has 2 rings (SSSR count). The molecule has 0 aromatic heterocycles. The van der Waals surface area contributed by atoms with Gasteiger partial charge in [0.15, 0.2) is 0 Å². The van der Waals surface area contributed by atoms with Gasteiger partial charge < -0.3 is 10.0 Å². The van der Waals surface area contributed by atoms with Crippen LogP contribution < -0.4 is 0 Å². The SMILES string of the molecule is CC1CCN(C(=O)/C=C/c2c(F)cccc2Cl)CC1O. The van der Waals surface area contributed by atoms with Crippen LogP contribution in [0.4, 0.5) is 4.39 Å². The molecule has 0 aliphatic carbocycles. The first-order valence-electron chi connectivity index (χ1n) is 6.58. The van der Waals surface area contributed by atoms with Crippen LogP contribution in [0, 0.1) is 11.7 Å². The van der Waals surface area contributed by atoms with Gasteiger partial charge in [0.1, 0.15) is 5.82 Å². The van der Waals surface area contributed by atoms with Gasteiger partial charge >= 0.3 is 0 Å². The van der Waals surface area contributed by atoms with Crippen LogP contribution in [-0.2, 0) is 4.79 Å². The van der Waals surface area contributed by atoms with E-state index in [4.69, 9.17) is 11.6 Å². The minimum absolute atomic E-state index is 0.198. The summed E-state index contributed by atoms with van der Waals surface area (Å²) in [7, 11) is 0. The van der Waals surface area contributed by atoms with Crippen molar-refractivity contribution in [1.82, 2.24) is 4.90 Å². The van der Waals surface area contributed by atoms with E-state index in [-0.39, 0.29) is 22.4 Å². The minimum Gasteiger partial charge on any atom is -0.391 e. The number of carbonyl (C=O) groups excluding carboxylic acids is 1. The maximum Gasteiger partial charge on any atom is 0.246 e. The lowest BCUT2D eigenvalue weighted by atomic mass is 9.96. The van der Waals surface area contributed by atoms with Crippen molar-refractivity contribution < 1.29 is 14.3 Å². The molecule has 0 radical (unpaired) electrons. The molecule has 1 N–H and O–H groups in total. The maximum atomic E-state index is 13.6. The first kappa shape index (κ1) is 15.0. The fourth-order valence-electron chi connectivity index (χ4n) is 2.18. The number of hydrogen-bond acceptors (Lipinski definition) is 2. The number of piperidine rings is 1. The summed E-state index contributed by atoms with van der Waals surface area (Å²) in [5.41, 5.74) is 0.202. The third-order valence-electron chi connectivity index (χ3n) is 3.62. The molecule has 3 nitrogen and oxygen atoms in total. The summed E-state index contributed by atoms with van der Waals surface area (Å²) in [4.78, 5) is 13.6. The van der Waals surface area contributed by atoms with Crippen molar-refractivity contribution in [2.45, 2.75) is 19.4 Å². The van der Waals surface area contributed by atoms with Gasteiger partial charge in [-0.25, -0.2) is 4.39 Å². The molecule has 1 heterocycles. The first-order valence-corrected chi connectivity index (χ1v) is 6.96. The van der Waals surface area contributed by atoms with E-state index in [1.165, 1.54) is 24.3 Å². The summed E-state index contributed by atoms with van der Waals surface area (Å²) in [6.45, 7) is 2.88. The van der Waals surface area contributed by atoms with Gasteiger partial charge in [0.25, 0.3) is 0 Å². The molecule has 2 atom stereocenters. The molecule has 1 aromatic carbocycles. The molecule has 1 aromatic rings. The molecule has 5 heteroatoms. The fourth-order valence-corrected chi connectivity index (χ4v) is 2.41. The zero-order valence-electron chi connectivity index (χ0n) is 11.2. The van der Waals surface area contributed by atoms with E-state index in [2.05, 4.69) is 0 Å². The molecule has 1 aliphatic rings. The summed E-state index contributed by atoms with van der Waals surface area (Å²) in [5.74, 6) is -0.506. The van der Waals surface area contributed by atoms with Crippen molar-refractivity contribution >= 4 is 23.6 Å². The van der Waals surface area contributed by atoms with E-state index in [0.717, 1.165) is 6.42 Å². The summed E-state index contributed by atoms with van der Waals surface area (Å²) in [5, 5.41) is 10.0. The quantitative estimate of drug-likeness (QED) is 0.853. The van der Waals surface area contributed by atoms with Gasteiger partial charge in [-0.1, -0.05) is 24.6 Å². The predicted molar refractivity (Wildman–Crippen MR) is 76.8 cm³/mol. The van der Waals surface area contributed by atoms with Crippen molar-refractivity contribution in [3.05, 3.63) is 40.7 Å². The van der Waals surface area contributed by atoms with Crippen LogP contribution in [0.1, 0.15) is 18.9 Å². The van der Waals surface area contributed by atoms with E-state index in [1.54, 1.807) is 11.0 Å². The number of rotatable bonds is 2. The molecule has 1 saturated heterocycles. The average molecular weight is 298 g/mol. The number of carbonyl (C=O) groups is 1. The smallest absolute Gasteiger partial charge is 0.246 e. The highest BCUT2D eigenvalue weighted by Gasteiger charge is 2.26. The Bertz CT molecular complexity index is 512. The number of halogens is 2. The van der Waals surface area contributed by atoms with Crippen LogP contribution in [0.25, 0.3) is 6.08 Å². The molecule has 2 unspecified atom stereocenters. The number of hydrogen-bond donors (Lipinski definition) is 1. The van der Waals surface area contributed by atoms with Gasteiger partial charge in [0, 0.05) is 24.7 Å². The van der Waals surface area contributed by atoms with Gasteiger partial charge in [-0.15, -0.1) is 0 Å². The van der Waals surface area contributed by atoms with E-state index in [1.807, 2.05) is 6.92 Å². The first-order chi connectivity index (χ1) is 9.49. The van der Waals surface area contributed by atoms with Crippen molar-refractivity contribution in [3.8, 4) is 0 Å². The number of benzene rings is 1. The van der Waals surface area contributed by atoms with Crippen LogP contribution in [0.2, 0.25) is 5.02 Å². The van der Waals surface area contributed by atoms with Gasteiger partial charge in [-0.05, 0) is 30.5 Å². The van der Waals surface area contributed by atoms with Crippen LogP contribution in [-0.4, -0.2) is 35.1 Å². The van der Waals surface area contributed by atoms with Gasteiger partial charge in [-0.2, -0.15) is 0 Å². The fraction of sp³-hybridized carbons (Fsp3) is 0.400. The van der Waals surface area contributed by atoms with E-state index >= 15 is 0 Å². The van der Waals surface area contributed by atoms with E-state index in [0.29, 0.717) is 13.1 Å². The molecule has 20 heavy (non-hydrogen) atoms. The largest absolute Gasteiger partial charge is 0.391 e. The lowest BCUT2D eigenvalue weighted by Gasteiger charge is -2.33. The highest BCUT2D eigenvalue weighted by molar-refractivity contribution is 6.32. The van der Waals surface area contributed by atoms with Crippen molar-refractivity contribution in [1.29, 1.82) is 0 Å². The summed E-state index contributed by atoms with van der Waals surface area (Å²) >= 11 is 5.88. The molecule has 0 saturated carbocycles. The molecular weight excluding hydrogens is 281 g/mol. The normalized spacial score (nSPS) is 23.3. The van der Waals surface area contributed by atoms with Crippen molar-refractivity contribution in [2.75, 3.05) is 13.1 Å². The van der Waals surface area contributed by atoms with Gasteiger partial charge in [0.05, 0.1) is 11.1 Å². The third kappa shape index (κ3) is 3.38. The highest BCUT2D eigenvalue weighted by atomic mass is 35.5. The second-order valence-corrected chi connectivity index (χ2v) is 5.49. The Morgan fingerprint density at radius 3 is 2.95 bits per heavy atom.